The fourth-order valence-corrected chi connectivity index (χ4v) is 3.33. The van der Waals surface area contributed by atoms with Crippen molar-refractivity contribution in [3.8, 4) is 0 Å². The molecule has 0 atom stereocenters. The molecule has 2 aromatic carbocycles. The predicted molar refractivity (Wildman–Crippen MR) is 88.5 cm³/mol. The number of furan rings is 1. The summed E-state index contributed by atoms with van der Waals surface area (Å²) in [6.45, 7) is 2.01. The van der Waals surface area contributed by atoms with Crippen LogP contribution in [0.2, 0.25) is 0 Å². The lowest BCUT2D eigenvalue weighted by Crippen LogP contribution is -2.10. The molecule has 1 N–H and O–H groups in total. The van der Waals surface area contributed by atoms with Gasteiger partial charge in [-0.25, -0.2) is 4.98 Å². The molecule has 0 bridgehead atoms. The minimum absolute atomic E-state index is 0.284. The van der Waals surface area contributed by atoms with Gasteiger partial charge in [0.25, 0.3) is 5.91 Å². The van der Waals surface area contributed by atoms with E-state index in [1.807, 2.05) is 49.4 Å². The Hall–Kier alpha value is -2.66. The number of aryl methyl sites for hydroxylation is 1. The smallest absolute Gasteiger partial charge is 0.293 e. The molecule has 0 radical (unpaired) electrons. The van der Waals surface area contributed by atoms with Crippen molar-refractivity contribution in [1.29, 1.82) is 0 Å². The molecule has 2 aromatic heterocycles. The first-order valence-electron chi connectivity index (χ1n) is 6.87. The highest BCUT2D eigenvalue weighted by Gasteiger charge is 2.14. The molecule has 108 valence electrons. The van der Waals surface area contributed by atoms with Crippen molar-refractivity contribution in [3.05, 3.63) is 59.9 Å². The summed E-state index contributed by atoms with van der Waals surface area (Å²) in [4.78, 5) is 16.8. The molecule has 0 unspecified atom stereocenters. The number of benzene rings is 2. The van der Waals surface area contributed by atoms with E-state index in [-0.39, 0.29) is 11.7 Å². The zero-order chi connectivity index (χ0) is 15.1. The van der Waals surface area contributed by atoms with Gasteiger partial charge in [0.2, 0.25) is 0 Å². The van der Waals surface area contributed by atoms with Crippen LogP contribution in [0, 0.1) is 6.92 Å². The molecule has 4 rings (SSSR count). The van der Waals surface area contributed by atoms with E-state index in [1.54, 1.807) is 6.07 Å². The van der Waals surface area contributed by atoms with Crippen molar-refractivity contribution in [3.63, 3.8) is 0 Å². The molecular weight excluding hydrogens is 296 g/mol. The molecule has 2 heterocycles. The number of amides is 1. The van der Waals surface area contributed by atoms with Gasteiger partial charge in [-0.05, 0) is 30.7 Å². The predicted octanol–water partition coefficient (Wildman–Crippen LogP) is 4.60. The van der Waals surface area contributed by atoms with E-state index >= 15 is 0 Å². The van der Waals surface area contributed by atoms with Gasteiger partial charge >= 0.3 is 0 Å². The zero-order valence-corrected chi connectivity index (χ0v) is 12.6. The second kappa shape index (κ2) is 4.96. The van der Waals surface area contributed by atoms with Crippen LogP contribution in [0.4, 0.5) is 5.13 Å². The molecule has 1 amide bonds. The van der Waals surface area contributed by atoms with Crippen molar-refractivity contribution in [2.75, 3.05) is 5.32 Å². The maximum absolute atomic E-state index is 12.3. The van der Waals surface area contributed by atoms with E-state index in [1.165, 1.54) is 11.3 Å². The molecule has 0 aliphatic rings. The molecular formula is C17H12N2O2S. The van der Waals surface area contributed by atoms with E-state index in [0.717, 1.165) is 21.2 Å². The first-order chi connectivity index (χ1) is 10.7. The number of para-hydroxylation sites is 2. The Bertz CT molecular complexity index is 967. The second-order valence-electron chi connectivity index (χ2n) is 5.04. The third kappa shape index (κ3) is 2.16. The van der Waals surface area contributed by atoms with Crippen LogP contribution >= 0.6 is 11.3 Å². The zero-order valence-electron chi connectivity index (χ0n) is 11.8. The molecule has 0 fully saturated rings. The van der Waals surface area contributed by atoms with Crippen LogP contribution in [0.25, 0.3) is 21.2 Å². The monoisotopic (exact) mass is 308 g/mol. The average Bonchev–Trinajstić information content (AvgIpc) is 3.11. The van der Waals surface area contributed by atoms with Gasteiger partial charge in [-0.15, -0.1) is 0 Å². The fraction of sp³-hybridized carbons (Fsp3) is 0.0588. The Kier molecular flexibility index (Phi) is 2.94. The summed E-state index contributed by atoms with van der Waals surface area (Å²) in [5, 5.41) is 4.30. The number of anilines is 1. The van der Waals surface area contributed by atoms with Gasteiger partial charge in [0.15, 0.2) is 10.9 Å². The average molecular weight is 308 g/mol. The number of nitrogens with zero attached hydrogens (tertiary/aromatic N) is 1. The Morgan fingerprint density at radius 2 is 2.05 bits per heavy atom. The van der Waals surface area contributed by atoms with Gasteiger partial charge in [-0.3, -0.25) is 10.1 Å². The van der Waals surface area contributed by atoms with E-state index < -0.39 is 0 Å². The van der Waals surface area contributed by atoms with Crippen LogP contribution in [0.1, 0.15) is 16.1 Å². The Labute approximate surface area is 130 Å². The van der Waals surface area contributed by atoms with Crippen molar-refractivity contribution in [2.45, 2.75) is 6.92 Å². The number of rotatable bonds is 2. The van der Waals surface area contributed by atoms with Crippen molar-refractivity contribution in [2.24, 2.45) is 0 Å². The molecule has 0 spiro atoms. The summed E-state index contributed by atoms with van der Waals surface area (Å²) >= 11 is 1.46. The number of thiazole rings is 1. The maximum Gasteiger partial charge on any atom is 0.293 e. The topological polar surface area (TPSA) is 55.1 Å². The summed E-state index contributed by atoms with van der Waals surface area (Å²) in [5.74, 6) is 0.00471. The first-order valence-corrected chi connectivity index (χ1v) is 7.68. The van der Waals surface area contributed by atoms with E-state index in [4.69, 9.17) is 4.42 Å². The lowest BCUT2D eigenvalue weighted by molar-refractivity contribution is 0.0998. The van der Waals surface area contributed by atoms with E-state index in [2.05, 4.69) is 10.3 Å². The number of aromatic nitrogens is 1. The Balaban J connectivity index is 1.66. The third-order valence-corrected chi connectivity index (χ3v) is 4.43. The van der Waals surface area contributed by atoms with Gasteiger partial charge in [0, 0.05) is 5.39 Å². The van der Waals surface area contributed by atoms with Crippen molar-refractivity contribution < 1.29 is 9.21 Å². The number of hydrogen-bond donors (Lipinski definition) is 1. The second-order valence-corrected chi connectivity index (χ2v) is 6.07. The largest absolute Gasteiger partial charge is 0.451 e. The van der Waals surface area contributed by atoms with Crippen molar-refractivity contribution >= 4 is 43.6 Å². The quantitative estimate of drug-likeness (QED) is 0.588. The van der Waals surface area contributed by atoms with Crippen LogP contribution in [-0.2, 0) is 0 Å². The van der Waals surface area contributed by atoms with Crippen LogP contribution < -0.4 is 5.32 Å². The summed E-state index contributed by atoms with van der Waals surface area (Å²) in [6, 6.07) is 15.3. The van der Waals surface area contributed by atoms with Gasteiger partial charge in [0.05, 0.1) is 10.2 Å². The lowest BCUT2D eigenvalue weighted by atomic mass is 10.2. The highest BCUT2D eigenvalue weighted by atomic mass is 32.1. The van der Waals surface area contributed by atoms with Gasteiger partial charge < -0.3 is 4.42 Å². The summed E-state index contributed by atoms with van der Waals surface area (Å²) in [7, 11) is 0. The molecule has 0 aliphatic carbocycles. The summed E-state index contributed by atoms with van der Waals surface area (Å²) in [6.07, 6.45) is 0. The molecule has 4 aromatic rings. The van der Waals surface area contributed by atoms with Crippen LogP contribution in [-0.4, -0.2) is 10.9 Å². The molecule has 4 nitrogen and oxygen atoms in total. The van der Waals surface area contributed by atoms with Gasteiger partial charge in [0.1, 0.15) is 5.58 Å². The summed E-state index contributed by atoms with van der Waals surface area (Å²) in [5.41, 5.74) is 2.72. The summed E-state index contributed by atoms with van der Waals surface area (Å²) < 4.78 is 6.62. The minimum Gasteiger partial charge on any atom is -0.451 e. The number of fused-ring (bicyclic) bond motifs is 2. The standard InChI is InChI=1S/C17H12N2O2S/c1-10-5-4-8-14-15(10)18-17(22-14)19-16(20)13-9-11-6-2-3-7-12(11)21-13/h2-9H,1H3,(H,18,19,20). The highest BCUT2D eigenvalue weighted by Crippen LogP contribution is 2.28. The fourth-order valence-electron chi connectivity index (χ4n) is 2.39. The lowest BCUT2D eigenvalue weighted by Gasteiger charge is -1.96. The van der Waals surface area contributed by atoms with Crippen molar-refractivity contribution in [1.82, 2.24) is 4.98 Å². The van der Waals surface area contributed by atoms with Crippen LogP contribution in [0.5, 0.6) is 0 Å². The van der Waals surface area contributed by atoms with E-state index in [0.29, 0.717) is 10.7 Å². The number of hydrogen-bond acceptors (Lipinski definition) is 4. The number of nitrogens with one attached hydrogen (secondary N) is 1. The number of carbonyl (C=O) groups is 1. The minimum atomic E-state index is -0.284. The molecule has 22 heavy (non-hydrogen) atoms. The molecule has 0 saturated heterocycles. The molecule has 0 saturated carbocycles. The number of carbonyl (C=O) groups excluding carboxylic acids is 1. The first kappa shape index (κ1) is 13.0. The van der Waals surface area contributed by atoms with E-state index in [9.17, 15) is 4.79 Å². The van der Waals surface area contributed by atoms with Gasteiger partial charge in [-0.2, -0.15) is 0 Å². The van der Waals surface area contributed by atoms with Crippen LogP contribution in [0.15, 0.2) is 52.9 Å². The van der Waals surface area contributed by atoms with Gasteiger partial charge in [-0.1, -0.05) is 41.7 Å². The maximum atomic E-state index is 12.3. The SMILES string of the molecule is Cc1cccc2sc(NC(=O)c3cc4ccccc4o3)nc12. The Morgan fingerprint density at radius 3 is 2.86 bits per heavy atom. The third-order valence-electron chi connectivity index (χ3n) is 3.49. The normalized spacial score (nSPS) is 11.1. The molecule has 0 aliphatic heterocycles. The molecule has 5 heteroatoms. The Morgan fingerprint density at radius 1 is 1.18 bits per heavy atom. The highest BCUT2D eigenvalue weighted by molar-refractivity contribution is 7.22. The van der Waals surface area contributed by atoms with Crippen LogP contribution in [0.3, 0.4) is 0 Å².